The van der Waals surface area contributed by atoms with Crippen LogP contribution in [0.3, 0.4) is 0 Å². The van der Waals surface area contributed by atoms with Gasteiger partial charge >= 0.3 is 0 Å². The lowest BCUT2D eigenvalue weighted by atomic mass is 10.3. The van der Waals surface area contributed by atoms with E-state index in [4.69, 9.17) is 0 Å². The Morgan fingerprint density at radius 2 is 1.95 bits per heavy atom. The Bertz CT molecular complexity index is 534. The summed E-state index contributed by atoms with van der Waals surface area (Å²) in [5.74, 6) is 1.07. The third kappa shape index (κ3) is 2.91. The maximum absolute atomic E-state index is 4.53. The van der Waals surface area contributed by atoms with Gasteiger partial charge in [0.15, 0.2) is 5.13 Å². The molecule has 106 valence electrons. The number of piperazine rings is 1. The van der Waals surface area contributed by atoms with Crippen LogP contribution in [0.25, 0.3) is 0 Å². The van der Waals surface area contributed by atoms with Gasteiger partial charge in [-0.15, -0.1) is 11.3 Å². The van der Waals surface area contributed by atoms with Gasteiger partial charge in [-0.25, -0.2) is 9.97 Å². The molecule has 2 aromatic rings. The molecule has 5 nitrogen and oxygen atoms in total. The molecule has 20 heavy (non-hydrogen) atoms. The summed E-state index contributed by atoms with van der Waals surface area (Å²) in [6.07, 6.45) is 3.83. The monoisotopic (exact) mass is 289 g/mol. The molecule has 0 saturated carbocycles. The van der Waals surface area contributed by atoms with Crippen LogP contribution in [-0.2, 0) is 6.54 Å². The predicted octanol–water partition coefficient (Wildman–Crippen LogP) is 1.58. The number of pyridine rings is 1. The molecule has 1 aliphatic rings. The Kier molecular flexibility index (Phi) is 4.13. The molecule has 6 heteroatoms. The van der Waals surface area contributed by atoms with Crippen molar-refractivity contribution < 1.29 is 0 Å². The minimum Gasteiger partial charge on any atom is -0.353 e. The summed E-state index contributed by atoms with van der Waals surface area (Å²) < 4.78 is 0. The van der Waals surface area contributed by atoms with E-state index < -0.39 is 0 Å². The van der Waals surface area contributed by atoms with Gasteiger partial charge in [0.05, 0.1) is 0 Å². The Balaban J connectivity index is 1.60. The highest BCUT2D eigenvalue weighted by molar-refractivity contribution is 7.15. The van der Waals surface area contributed by atoms with Crippen LogP contribution in [-0.4, -0.2) is 43.2 Å². The molecular formula is C14H19N5S. The molecule has 0 amide bonds. The van der Waals surface area contributed by atoms with Crippen LogP contribution in [0.1, 0.15) is 4.88 Å². The number of anilines is 2. The summed E-state index contributed by atoms with van der Waals surface area (Å²) in [6.45, 7) is 4.90. The molecule has 1 N–H and O–H groups in total. The summed E-state index contributed by atoms with van der Waals surface area (Å²) in [7, 11) is 1.96. The van der Waals surface area contributed by atoms with Gasteiger partial charge in [0, 0.05) is 50.0 Å². The summed E-state index contributed by atoms with van der Waals surface area (Å²) in [4.78, 5) is 14.9. The minimum atomic E-state index is 0.894. The zero-order valence-corrected chi connectivity index (χ0v) is 12.4. The molecule has 0 radical (unpaired) electrons. The van der Waals surface area contributed by atoms with E-state index >= 15 is 0 Å². The van der Waals surface area contributed by atoms with Gasteiger partial charge in [0.25, 0.3) is 0 Å². The van der Waals surface area contributed by atoms with Crippen molar-refractivity contribution in [2.45, 2.75) is 6.54 Å². The van der Waals surface area contributed by atoms with Crippen molar-refractivity contribution in [2.24, 2.45) is 0 Å². The van der Waals surface area contributed by atoms with Gasteiger partial charge in [-0.1, -0.05) is 6.07 Å². The molecule has 3 rings (SSSR count). The first-order valence-electron chi connectivity index (χ1n) is 6.87. The average molecular weight is 289 g/mol. The van der Waals surface area contributed by atoms with Gasteiger partial charge in [0.1, 0.15) is 5.82 Å². The fourth-order valence-corrected chi connectivity index (χ4v) is 3.34. The maximum atomic E-state index is 4.53. The molecule has 2 aromatic heterocycles. The first-order valence-corrected chi connectivity index (χ1v) is 7.68. The zero-order valence-electron chi connectivity index (χ0n) is 11.6. The van der Waals surface area contributed by atoms with Crippen LogP contribution < -0.4 is 15.1 Å². The van der Waals surface area contributed by atoms with Crippen molar-refractivity contribution in [1.29, 1.82) is 0 Å². The highest BCUT2D eigenvalue weighted by Crippen LogP contribution is 2.24. The van der Waals surface area contributed by atoms with Crippen LogP contribution >= 0.6 is 11.3 Å². The van der Waals surface area contributed by atoms with E-state index in [0.29, 0.717) is 0 Å². The molecule has 0 spiro atoms. The third-order valence-electron chi connectivity index (χ3n) is 3.42. The van der Waals surface area contributed by atoms with Crippen molar-refractivity contribution in [3.8, 4) is 0 Å². The van der Waals surface area contributed by atoms with Gasteiger partial charge in [-0.05, 0) is 19.2 Å². The number of nitrogens with one attached hydrogen (secondary N) is 1. The number of aromatic nitrogens is 2. The largest absolute Gasteiger partial charge is 0.353 e. The predicted molar refractivity (Wildman–Crippen MR) is 83.5 cm³/mol. The van der Waals surface area contributed by atoms with Crippen LogP contribution in [0.15, 0.2) is 30.6 Å². The molecule has 1 aliphatic heterocycles. The summed E-state index contributed by atoms with van der Waals surface area (Å²) in [5, 5.41) is 4.30. The van der Waals surface area contributed by atoms with E-state index in [2.05, 4.69) is 31.2 Å². The molecule has 0 bridgehead atoms. The lowest BCUT2D eigenvalue weighted by Gasteiger charge is -2.35. The second kappa shape index (κ2) is 6.19. The Labute approximate surface area is 123 Å². The van der Waals surface area contributed by atoms with Crippen molar-refractivity contribution in [2.75, 3.05) is 43.0 Å². The normalized spacial score (nSPS) is 15.7. The molecule has 0 atom stereocenters. The summed E-state index contributed by atoms with van der Waals surface area (Å²) >= 11 is 1.78. The van der Waals surface area contributed by atoms with Crippen LogP contribution in [0.5, 0.6) is 0 Å². The molecule has 0 unspecified atom stereocenters. The molecule has 3 heterocycles. The zero-order chi connectivity index (χ0) is 13.8. The maximum Gasteiger partial charge on any atom is 0.185 e. The van der Waals surface area contributed by atoms with E-state index in [0.717, 1.165) is 43.7 Å². The van der Waals surface area contributed by atoms with E-state index in [1.165, 1.54) is 4.88 Å². The van der Waals surface area contributed by atoms with Gasteiger partial charge in [-0.2, -0.15) is 0 Å². The Morgan fingerprint density at radius 3 is 2.65 bits per heavy atom. The molecule has 1 saturated heterocycles. The lowest BCUT2D eigenvalue weighted by molar-refractivity contribution is 0.646. The molecular weight excluding hydrogens is 270 g/mol. The number of hydrogen-bond donors (Lipinski definition) is 1. The van der Waals surface area contributed by atoms with Crippen molar-refractivity contribution in [3.05, 3.63) is 35.5 Å². The second-order valence-electron chi connectivity index (χ2n) is 4.80. The quantitative estimate of drug-likeness (QED) is 0.926. The SMILES string of the molecule is CNCc1cnc(N2CCN(c3ccccn3)CC2)s1. The molecule has 0 aliphatic carbocycles. The highest BCUT2D eigenvalue weighted by atomic mass is 32.1. The van der Waals surface area contributed by atoms with Crippen LogP contribution in [0.2, 0.25) is 0 Å². The first kappa shape index (κ1) is 13.3. The van der Waals surface area contributed by atoms with E-state index in [1.54, 1.807) is 11.3 Å². The fourth-order valence-electron chi connectivity index (χ4n) is 2.37. The summed E-state index contributed by atoms with van der Waals surface area (Å²) in [5.41, 5.74) is 0. The fraction of sp³-hybridized carbons (Fsp3) is 0.429. The highest BCUT2D eigenvalue weighted by Gasteiger charge is 2.20. The van der Waals surface area contributed by atoms with E-state index in [1.807, 2.05) is 31.6 Å². The topological polar surface area (TPSA) is 44.3 Å². The Morgan fingerprint density at radius 1 is 1.15 bits per heavy atom. The first-order chi connectivity index (χ1) is 9.86. The lowest BCUT2D eigenvalue weighted by Crippen LogP contribution is -2.46. The van der Waals surface area contributed by atoms with Crippen molar-refractivity contribution >= 4 is 22.3 Å². The van der Waals surface area contributed by atoms with Gasteiger partial charge < -0.3 is 15.1 Å². The van der Waals surface area contributed by atoms with Gasteiger partial charge in [-0.3, -0.25) is 0 Å². The number of hydrogen-bond acceptors (Lipinski definition) is 6. The summed E-state index contributed by atoms with van der Waals surface area (Å²) in [6, 6.07) is 6.07. The number of nitrogens with zero attached hydrogens (tertiary/aromatic N) is 4. The van der Waals surface area contributed by atoms with Crippen molar-refractivity contribution in [1.82, 2.24) is 15.3 Å². The standard InChI is InChI=1S/C14H19N5S/c1-15-10-12-11-17-14(20-12)19-8-6-18(7-9-19)13-4-2-3-5-16-13/h2-5,11,15H,6-10H2,1H3. The average Bonchev–Trinajstić information content (AvgIpc) is 2.97. The third-order valence-corrected chi connectivity index (χ3v) is 4.47. The van der Waals surface area contributed by atoms with E-state index in [-0.39, 0.29) is 0 Å². The van der Waals surface area contributed by atoms with Crippen LogP contribution in [0, 0.1) is 0 Å². The van der Waals surface area contributed by atoms with Gasteiger partial charge in [0.2, 0.25) is 0 Å². The van der Waals surface area contributed by atoms with Crippen molar-refractivity contribution in [3.63, 3.8) is 0 Å². The number of rotatable bonds is 4. The minimum absolute atomic E-state index is 0.894. The molecule has 0 aromatic carbocycles. The number of thiazole rings is 1. The second-order valence-corrected chi connectivity index (χ2v) is 5.90. The van der Waals surface area contributed by atoms with Crippen LogP contribution in [0.4, 0.5) is 10.9 Å². The molecule has 1 fully saturated rings. The smallest absolute Gasteiger partial charge is 0.185 e. The Hall–Kier alpha value is -1.66. The van der Waals surface area contributed by atoms with E-state index in [9.17, 15) is 0 Å².